The minimum absolute atomic E-state index is 0.639. The molecule has 3 heteroatoms. The average molecular weight is 603 g/mol. The highest BCUT2D eigenvalue weighted by molar-refractivity contribution is 6.09. The number of hydrogen-bond donors (Lipinski definition) is 0. The van der Waals surface area contributed by atoms with Gasteiger partial charge in [0.2, 0.25) is 5.89 Å². The number of aryl methyl sites for hydroxylation is 1. The summed E-state index contributed by atoms with van der Waals surface area (Å²) in [5, 5.41) is 2.54. The van der Waals surface area contributed by atoms with Gasteiger partial charge in [-0.3, -0.25) is 0 Å². The lowest BCUT2D eigenvalue weighted by atomic mass is 9.89. The highest BCUT2D eigenvalue weighted by Crippen LogP contribution is 2.39. The first-order valence-electron chi connectivity index (χ1n) is 16.0. The molecule has 0 radical (unpaired) electrons. The maximum Gasteiger partial charge on any atom is 0.227 e. The monoisotopic (exact) mass is 602 g/mol. The highest BCUT2D eigenvalue weighted by atomic mass is 16.3. The lowest BCUT2D eigenvalue weighted by molar-refractivity contribution is 0.620. The molecule has 0 aliphatic heterocycles. The van der Waals surface area contributed by atoms with Crippen LogP contribution in [-0.4, -0.2) is 9.55 Å². The summed E-state index contributed by atoms with van der Waals surface area (Å²) in [6, 6.07) is 58.2. The van der Waals surface area contributed by atoms with Crippen molar-refractivity contribution in [2.24, 2.45) is 0 Å². The zero-order chi connectivity index (χ0) is 31.3. The van der Waals surface area contributed by atoms with Crippen molar-refractivity contribution in [1.29, 1.82) is 0 Å². The van der Waals surface area contributed by atoms with Gasteiger partial charge < -0.3 is 8.98 Å². The van der Waals surface area contributed by atoms with E-state index in [0.717, 1.165) is 27.9 Å². The smallest absolute Gasteiger partial charge is 0.227 e. The van der Waals surface area contributed by atoms with E-state index in [1.807, 2.05) is 6.07 Å². The van der Waals surface area contributed by atoms with Crippen LogP contribution in [0.15, 0.2) is 168 Å². The number of nitrogens with zero attached hydrogens (tertiary/aromatic N) is 2. The van der Waals surface area contributed by atoms with Gasteiger partial charge in [0, 0.05) is 22.0 Å². The van der Waals surface area contributed by atoms with Gasteiger partial charge in [-0.05, 0) is 94.4 Å². The molecule has 0 saturated heterocycles. The van der Waals surface area contributed by atoms with Gasteiger partial charge in [-0.1, -0.05) is 115 Å². The summed E-state index contributed by atoms with van der Waals surface area (Å²) < 4.78 is 8.44. The van der Waals surface area contributed by atoms with Crippen molar-refractivity contribution in [2.45, 2.75) is 6.92 Å². The average Bonchev–Trinajstić information content (AvgIpc) is 3.71. The molecule has 2 aromatic heterocycles. The number of hydrogen-bond acceptors (Lipinski definition) is 2. The first kappa shape index (κ1) is 27.1. The second-order valence-corrected chi connectivity index (χ2v) is 12.1. The maximum absolute atomic E-state index is 6.07. The molecule has 7 aromatic carbocycles. The van der Waals surface area contributed by atoms with Gasteiger partial charge in [0.05, 0.1) is 11.0 Å². The van der Waals surface area contributed by atoms with Gasteiger partial charge in [0.1, 0.15) is 5.52 Å². The van der Waals surface area contributed by atoms with Crippen molar-refractivity contribution in [3.05, 3.63) is 169 Å². The predicted molar refractivity (Wildman–Crippen MR) is 195 cm³/mol. The molecule has 9 rings (SSSR count). The Morgan fingerprint density at radius 3 is 1.55 bits per heavy atom. The number of oxazole rings is 1. The first-order valence-corrected chi connectivity index (χ1v) is 16.0. The summed E-state index contributed by atoms with van der Waals surface area (Å²) in [4.78, 5) is 4.74. The lowest BCUT2D eigenvalue weighted by Crippen LogP contribution is -1.94. The summed E-state index contributed by atoms with van der Waals surface area (Å²) in [6.07, 6.45) is 0. The van der Waals surface area contributed by atoms with Crippen molar-refractivity contribution in [3.8, 4) is 50.5 Å². The third kappa shape index (κ3) is 4.63. The Morgan fingerprint density at radius 1 is 0.468 bits per heavy atom. The minimum Gasteiger partial charge on any atom is -0.436 e. The van der Waals surface area contributed by atoms with Crippen LogP contribution in [0.2, 0.25) is 0 Å². The Hall–Kier alpha value is -6.19. The predicted octanol–water partition coefficient (Wildman–Crippen LogP) is 11.9. The quantitative estimate of drug-likeness (QED) is 0.196. The molecule has 0 fully saturated rings. The van der Waals surface area contributed by atoms with Crippen LogP contribution in [0.3, 0.4) is 0 Å². The van der Waals surface area contributed by atoms with E-state index in [0.29, 0.717) is 5.89 Å². The standard InChI is InChI=1S/C44H30N2O/c1-29-18-27-43-40(28-29)45-44(47-43)32-21-19-30(20-22-32)34-10-2-4-12-36(34)37-13-5-3-11-35(37)31-23-25-33(26-24-31)46-41-16-8-6-14-38(41)39-15-7-9-17-42(39)46/h2-28H,1H3. The van der Waals surface area contributed by atoms with Crippen molar-refractivity contribution in [1.82, 2.24) is 9.55 Å². The van der Waals surface area contributed by atoms with Crippen LogP contribution in [-0.2, 0) is 0 Å². The van der Waals surface area contributed by atoms with E-state index in [-0.39, 0.29) is 0 Å². The molecule has 0 N–H and O–H groups in total. The third-order valence-electron chi connectivity index (χ3n) is 9.15. The molecule has 0 aliphatic rings. The molecular weight excluding hydrogens is 572 g/mol. The third-order valence-corrected chi connectivity index (χ3v) is 9.15. The van der Waals surface area contributed by atoms with Crippen LogP contribution in [0.1, 0.15) is 5.56 Å². The van der Waals surface area contributed by atoms with Gasteiger partial charge in [-0.25, -0.2) is 4.98 Å². The van der Waals surface area contributed by atoms with E-state index < -0.39 is 0 Å². The summed E-state index contributed by atoms with van der Waals surface area (Å²) in [7, 11) is 0. The van der Waals surface area contributed by atoms with Crippen LogP contribution in [0.25, 0.3) is 83.4 Å². The minimum atomic E-state index is 0.639. The molecule has 2 heterocycles. The number of para-hydroxylation sites is 2. The summed E-state index contributed by atoms with van der Waals surface area (Å²) in [5.74, 6) is 0.639. The van der Waals surface area contributed by atoms with Crippen molar-refractivity contribution < 1.29 is 4.42 Å². The molecule has 0 aliphatic carbocycles. The Kier molecular flexibility index (Phi) is 6.36. The Bertz CT molecular complexity index is 2520. The first-order chi connectivity index (χ1) is 23.2. The van der Waals surface area contributed by atoms with E-state index in [1.54, 1.807) is 0 Å². The fraction of sp³-hybridized carbons (Fsp3) is 0.0227. The molecule has 222 valence electrons. The van der Waals surface area contributed by atoms with Crippen LogP contribution in [0.4, 0.5) is 0 Å². The molecule has 0 atom stereocenters. The number of aromatic nitrogens is 2. The fourth-order valence-corrected chi connectivity index (χ4v) is 6.88. The van der Waals surface area contributed by atoms with E-state index in [4.69, 9.17) is 9.40 Å². The zero-order valence-electron chi connectivity index (χ0n) is 25.9. The second-order valence-electron chi connectivity index (χ2n) is 12.1. The summed E-state index contributed by atoms with van der Waals surface area (Å²) in [5.41, 5.74) is 14.5. The van der Waals surface area contributed by atoms with Crippen LogP contribution in [0, 0.1) is 6.92 Å². The topological polar surface area (TPSA) is 31.0 Å². The highest BCUT2D eigenvalue weighted by Gasteiger charge is 2.15. The van der Waals surface area contributed by atoms with E-state index in [9.17, 15) is 0 Å². The molecule has 0 amide bonds. The summed E-state index contributed by atoms with van der Waals surface area (Å²) in [6.45, 7) is 2.07. The molecule has 0 unspecified atom stereocenters. The number of benzene rings is 7. The van der Waals surface area contributed by atoms with Crippen molar-refractivity contribution >= 4 is 32.9 Å². The number of fused-ring (bicyclic) bond motifs is 4. The van der Waals surface area contributed by atoms with Crippen molar-refractivity contribution in [3.63, 3.8) is 0 Å². The van der Waals surface area contributed by atoms with Crippen LogP contribution < -0.4 is 0 Å². The van der Waals surface area contributed by atoms with Gasteiger partial charge in [-0.2, -0.15) is 0 Å². The van der Waals surface area contributed by atoms with Gasteiger partial charge >= 0.3 is 0 Å². The Labute approximate surface area is 273 Å². The maximum atomic E-state index is 6.07. The summed E-state index contributed by atoms with van der Waals surface area (Å²) >= 11 is 0. The van der Waals surface area contributed by atoms with Crippen molar-refractivity contribution in [2.75, 3.05) is 0 Å². The number of rotatable bonds is 5. The van der Waals surface area contributed by atoms with E-state index >= 15 is 0 Å². The van der Waals surface area contributed by atoms with Gasteiger partial charge in [-0.15, -0.1) is 0 Å². The van der Waals surface area contributed by atoms with Crippen LogP contribution in [0.5, 0.6) is 0 Å². The van der Waals surface area contributed by atoms with E-state index in [2.05, 4.69) is 169 Å². The van der Waals surface area contributed by atoms with Gasteiger partial charge in [0.15, 0.2) is 5.58 Å². The normalized spacial score (nSPS) is 11.5. The molecular formula is C44H30N2O. The van der Waals surface area contributed by atoms with Gasteiger partial charge in [0.25, 0.3) is 0 Å². The lowest BCUT2D eigenvalue weighted by Gasteiger charge is -2.15. The SMILES string of the molecule is Cc1ccc2oc(-c3ccc(-c4ccccc4-c4ccccc4-c4ccc(-n5c6ccccc6c6ccccc65)cc4)cc3)nc2c1. The molecule has 9 aromatic rings. The van der Waals surface area contributed by atoms with E-state index in [1.165, 1.54) is 55.2 Å². The molecule has 0 bridgehead atoms. The molecule has 47 heavy (non-hydrogen) atoms. The molecule has 3 nitrogen and oxygen atoms in total. The Balaban J connectivity index is 1.09. The second kappa shape index (κ2) is 11.0. The molecule has 0 saturated carbocycles. The largest absolute Gasteiger partial charge is 0.436 e. The Morgan fingerprint density at radius 2 is 0.957 bits per heavy atom. The molecule has 0 spiro atoms. The van der Waals surface area contributed by atoms with Crippen LogP contribution >= 0.6 is 0 Å². The zero-order valence-corrected chi connectivity index (χ0v) is 25.9. The fourth-order valence-electron chi connectivity index (χ4n) is 6.88.